The molecule has 1 aliphatic heterocycles. The molecule has 1 heterocycles. The number of nitrogens with zero attached hydrogens (tertiary/aromatic N) is 2. The third kappa shape index (κ3) is 5.20. The minimum atomic E-state index is -3.30. The van der Waals surface area contributed by atoms with E-state index in [0.717, 1.165) is 30.2 Å². The number of sulfonamides is 1. The number of nitrogens with one attached hydrogen (secondary N) is 1. The van der Waals surface area contributed by atoms with Crippen molar-refractivity contribution in [3.8, 4) is 0 Å². The van der Waals surface area contributed by atoms with Gasteiger partial charge in [0.2, 0.25) is 15.9 Å². The first-order valence-electron chi connectivity index (χ1n) is 6.86. The summed E-state index contributed by atoms with van der Waals surface area (Å²) in [6, 6.07) is 0.199. The second kappa shape index (κ2) is 8.81. The lowest BCUT2D eigenvalue weighted by molar-refractivity contribution is -0.133. The van der Waals surface area contributed by atoms with Crippen molar-refractivity contribution in [2.75, 3.05) is 39.0 Å². The maximum atomic E-state index is 12.3. The van der Waals surface area contributed by atoms with Crippen LogP contribution in [0.3, 0.4) is 0 Å². The van der Waals surface area contributed by atoms with Gasteiger partial charge in [0, 0.05) is 26.2 Å². The van der Waals surface area contributed by atoms with Crippen molar-refractivity contribution in [3.63, 3.8) is 0 Å². The van der Waals surface area contributed by atoms with Crippen LogP contribution in [0.15, 0.2) is 0 Å². The molecule has 0 spiro atoms. The van der Waals surface area contributed by atoms with Gasteiger partial charge in [-0.3, -0.25) is 4.79 Å². The van der Waals surface area contributed by atoms with Crippen LogP contribution in [0.4, 0.5) is 0 Å². The van der Waals surface area contributed by atoms with Gasteiger partial charge in [-0.2, -0.15) is 4.31 Å². The predicted molar refractivity (Wildman–Crippen MR) is 82.6 cm³/mol. The van der Waals surface area contributed by atoms with E-state index in [0.29, 0.717) is 6.54 Å². The molecule has 1 atom stereocenters. The number of carbonyl (C=O) groups is 1. The Morgan fingerprint density at radius 2 is 2.00 bits per heavy atom. The summed E-state index contributed by atoms with van der Waals surface area (Å²) in [7, 11) is -1.83. The standard InChI is InChI=1S/C12H25N3O3S.ClH/c1-4-8-15(11-6-7-13-9-11)12(16)10-14(3)19(17,18)5-2;/h11,13H,4-10H2,1-3H3;1H. The van der Waals surface area contributed by atoms with Crippen molar-refractivity contribution in [1.82, 2.24) is 14.5 Å². The van der Waals surface area contributed by atoms with Gasteiger partial charge in [0.25, 0.3) is 0 Å². The summed E-state index contributed by atoms with van der Waals surface area (Å²) in [5, 5.41) is 3.24. The van der Waals surface area contributed by atoms with Gasteiger partial charge in [-0.05, 0) is 26.3 Å². The molecule has 1 fully saturated rings. The van der Waals surface area contributed by atoms with Gasteiger partial charge in [-0.1, -0.05) is 6.92 Å². The van der Waals surface area contributed by atoms with E-state index in [9.17, 15) is 13.2 Å². The number of likely N-dealkylation sites (N-methyl/N-ethyl adjacent to an activating group) is 1. The van der Waals surface area contributed by atoms with Crippen LogP contribution < -0.4 is 5.32 Å². The van der Waals surface area contributed by atoms with Crippen molar-refractivity contribution in [3.05, 3.63) is 0 Å². The molecular weight excluding hydrogens is 302 g/mol. The zero-order valence-corrected chi connectivity index (χ0v) is 14.1. The average molecular weight is 328 g/mol. The normalized spacial score (nSPS) is 18.9. The molecule has 20 heavy (non-hydrogen) atoms. The second-order valence-corrected chi connectivity index (χ2v) is 7.25. The third-order valence-corrected chi connectivity index (χ3v) is 5.27. The summed E-state index contributed by atoms with van der Waals surface area (Å²) < 4.78 is 24.5. The molecule has 120 valence electrons. The van der Waals surface area contributed by atoms with Crippen LogP contribution in [-0.4, -0.2) is 68.6 Å². The molecule has 0 radical (unpaired) electrons. The van der Waals surface area contributed by atoms with Crippen LogP contribution in [0.2, 0.25) is 0 Å². The second-order valence-electron chi connectivity index (χ2n) is 4.89. The summed E-state index contributed by atoms with van der Waals surface area (Å²) in [6.45, 7) is 5.95. The molecular formula is C12H26ClN3O3S. The fourth-order valence-electron chi connectivity index (χ4n) is 2.26. The summed E-state index contributed by atoms with van der Waals surface area (Å²) >= 11 is 0. The van der Waals surface area contributed by atoms with Crippen LogP contribution in [0.1, 0.15) is 26.7 Å². The lowest BCUT2D eigenvalue weighted by Crippen LogP contribution is -2.47. The summed E-state index contributed by atoms with van der Waals surface area (Å²) in [6.07, 6.45) is 1.82. The van der Waals surface area contributed by atoms with Crippen LogP contribution >= 0.6 is 12.4 Å². The predicted octanol–water partition coefficient (Wildman–Crippen LogP) is 0.290. The monoisotopic (exact) mass is 327 g/mol. The first kappa shape index (κ1) is 19.6. The SMILES string of the molecule is CCCN(C(=O)CN(C)S(=O)(=O)CC)C1CCNC1.Cl. The Balaban J connectivity index is 0.00000361. The van der Waals surface area contributed by atoms with Gasteiger partial charge >= 0.3 is 0 Å². The van der Waals surface area contributed by atoms with Gasteiger partial charge in [0.1, 0.15) is 0 Å². The van der Waals surface area contributed by atoms with E-state index in [1.165, 1.54) is 7.05 Å². The van der Waals surface area contributed by atoms with Gasteiger partial charge in [0.05, 0.1) is 12.3 Å². The topological polar surface area (TPSA) is 69.7 Å². The number of carbonyl (C=O) groups excluding carboxylic acids is 1. The van der Waals surface area contributed by atoms with Crippen LogP contribution in [0.25, 0.3) is 0 Å². The van der Waals surface area contributed by atoms with E-state index >= 15 is 0 Å². The molecule has 0 aromatic rings. The molecule has 1 rings (SSSR count). The molecule has 1 amide bonds. The lowest BCUT2D eigenvalue weighted by atomic mass is 10.2. The largest absolute Gasteiger partial charge is 0.337 e. The van der Waals surface area contributed by atoms with Gasteiger partial charge in [0.15, 0.2) is 0 Å². The van der Waals surface area contributed by atoms with E-state index in [-0.39, 0.29) is 36.7 Å². The Bertz CT molecular complexity index is 397. The molecule has 1 unspecified atom stereocenters. The summed E-state index contributed by atoms with van der Waals surface area (Å²) in [4.78, 5) is 14.1. The molecule has 1 aliphatic rings. The molecule has 0 bridgehead atoms. The molecule has 1 N–H and O–H groups in total. The minimum Gasteiger partial charge on any atom is -0.337 e. The summed E-state index contributed by atoms with van der Waals surface area (Å²) in [5.74, 6) is -0.0784. The Labute approximate surface area is 128 Å². The lowest BCUT2D eigenvalue weighted by Gasteiger charge is -2.29. The van der Waals surface area contributed by atoms with E-state index in [1.807, 2.05) is 11.8 Å². The van der Waals surface area contributed by atoms with Gasteiger partial charge in [-0.15, -0.1) is 12.4 Å². The van der Waals surface area contributed by atoms with Crippen molar-refractivity contribution in [2.45, 2.75) is 32.7 Å². The van der Waals surface area contributed by atoms with Crippen LogP contribution in [0, 0.1) is 0 Å². The molecule has 6 nitrogen and oxygen atoms in total. The van der Waals surface area contributed by atoms with Crippen LogP contribution in [-0.2, 0) is 14.8 Å². The quantitative estimate of drug-likeness (QED) is 0.729. The maximum Gasteiger partial charge on any atom is 0.238 e. The number of amides is 1. The van der Waals surface area contributed by atoms with Crippen LogP contribution in [0.5, 0.6) is 0 Å². The van der Waals surface area contributed by atoms with Crippen molar-refractivity contribution < 1.29 is 13.2 Å². The molecule has 0 aliphatic carbocycles. The van der Waals surface area contributed by atoms with Gasteiger partial charge < -0.3 is 10.2 Å². The molecule has 0 saturated carbocycles. The first-order valence-corrected chi connectivity index (χ1v) is 8.47. The Hall–Kier alpha value is -0.370. The minimum absolute atomic E-state index is 0. The average Bonchev–Trinajstić information content (AvgIpc) is 2.89. The highest BCUT2D eigenvalue weighted by molar-refractivity contribution is 7.89. The highest BCUT2D eigenvalue weighted by Gasteiger charge is 2.28. The zero-order valence-electron chi connectivity index (χ0n) is 12.5. The first-order chi connectivity index (χ1) is 8.92. The number of halogens is 1. The maximum absolute atomic E-state index is 12.3. The summed E-state index contributed by atoms with van der Waals surface area (Å²) in [5.41, 5.74) is 0. The van der Waals surface area contributed by atoms with Crippen molar-refractivity contribution >= 4 is 28.3 Å². The van der Waals surface area contributed by atoms with Crippen molar-refractivity contribution in [1.29, 1.82) is 0 Å². The van der Waals surface area contributed by atoms with E-state index in [2.05, 4.69) is 5.32 Å². The Morgan fingerprint density at radius 3 is 2.45 bits per heavy atom. The third-order valence-electron chi connectivity index (χ3n) is 3.46. The number of rotatable bonds is 7. The van der Waals surface area contributed by atoms with Gasteiger partial charge in [-0.25, -0.2) is 8.42 Å². The molecule has 0 aromatic carbocycles. The molecule has 0 aromatic heterocycles. The molecule has 8 heteroatoms. The fourth-order valence-corrected chi connectivity index (χ4v) is 3.01. The smallest absolute Gasteiger partial charge is 0.238 e. The molecule has 1 saturated heterocycles. The Kier molecular flexibility index (Phi) is 8.65. The fraction of sp³-hybridized carbons (Fsp3) is 0.917. The number of hydrogen-bond acceptors (Lipinski definition) is 4. The van der Waals surface area contributed by atoms with Crippen molar-refractivity contribution in [2.24, 2.45) is 0 Å². The van der Waals surface area contributed by atoms with E-state index < -0.39 is 10.0 Å². The zero-order chi connectivity index (χ0) is 14.5. The number of hydrogen-bond donors (Lipinski definition) is 1. The Morgan fingerprint density at radius 1 is 1.35 bits per heavy atom. The highest BCUT2D eigenvalue weighted by atomic mass is 35.5. The highest BCUT2D eigenvalue weighted by Crippen LogP contribution is 2.11. The van der Waals surface area contributed by atoms with E-state index in [4.69, 9.17) is 0 Å². The van der Waals surface area contributed by atoms with E-state index in [1.54, 1.807) is 6.92 Å².